The Balaban J connectivity index is 2.00. The highest BCUT2D eigenvalue weighted by Gasteiger charge is 2.47. The number of benzene rings is 2. The maximum Gasteiger partial charge on any atom is 0.321 e. The van der Waals surface area contributed by atoms with E-state index in [1.807, 2.05) is 55.5 Å². The summed E-state index contributed by atoms with van der Waals surface area (Å²) in [6.07, 6.45) is 1.77. The van der Waals surface area contributed by atoms with Crippen LogP contribution in [-0.4, -0.2) is 34.6 Å². The normalized spacial score (nSPS) is 18.5. The van der Waals surface area contributed by atoms with Crippen molar-refractivity contribution in [2.75, 3.05) is 18.1 Å². The van der Waals surface area contributed by atoms with Crippen LogP contribution in [0.2, 0.25) is 0 Å². The number of nitrogens with zero attached hydrogens (tertiary/aromatic N) is 3. The van der Waals surface area contributed by atoms with Crippen molar-refractivity contribution in [3.05, 3.63) is 59.7 Å². The van der Waals surface area contributed by atoms with E-state index in [1.54, 1.807) is 11.8 Å². The molecule has 1 aliphatic heterocycles. The van der Waals surface area contributed by atoms with Gasteiger partial charge < -0.3 is 9.30 Å². The molecule has 6 nitrogen and oxygen atoms in total. The number of ether oxygens (including phenoxy) is 1. The second-order valence-corrected chi connectivity index (χ2v) is 7.65. The van der Waals surface area contributed by atoms with Gasteiger partial charge in [0.15, 0.2) is 5.92 Å². The number of unbranched alkanes of at least 4 members (excludes halogenated alkanes) is 1. The lowest BCUT2D eigenvalue weighted by molar-refractivity contribution is -0.153. The monoisotopic (exact) mass is 405 g/mol. The molecule has 30 heavy (non-hydrogen) atoms. The quantitative estimate of drug-likeness (QED) is 0.454. The van der Waals surface area contributed by atoms with Gasteiger partial charge >= 0.3 is 5.97 Å². The Bertz CT molecular complexity index is 1090. The van der Waals surface area contributed by atoms with Crippen molar-refractivity contribution < 1.29 is 14.3 Å². The lowest BCUT2D eigenvalue weighted by Gasteiger charge is -2.38. The minimum absolute atomic E-state index is 0.232. The van der Waals surface area contributed by atoms with Gasteiger partial charge in [-0.15, -0.1) is 0 Å². The first kappa shape index (κ1) is 20.1. The van der Waals surface area contributed by atoms with Crippen molar-refractivity contribution >= 4 is 28.9 Å². The molecule has 1 amide bonds. The van der Waals surface area contributed by atoms with Crippen LogP contribution in [0, 0.1) is 12.8 Å². The van der Waals surface area contributed by atoms with Crippen molar-refractivity contribution in [2.24, 2.45) is 5.92 Å². The van der Waals surface area contributed by atoms with Crippen LogP contribution >= 0.6 is 0 Å². The van der Waals surface area contributed by atoms with Crippen LogP contribution in [-0.2, 0) is 14.3 Å². The topological polar surface area (TPSA) is 64.4 Å². The maximum atomic E-state index is 13.7. The van der Waals surface area contributed by atoms with E-state index in [0.717, 1.165) is 35.0 Å². The average molecular weight is 405 g/mol. The predicted octanol–water partition coefficient (Wildman–Crippen LogP) is 4.26. The van der Waals surface area contributed by atoms with E-state index in [-0.39, 0.29) is 12.5 Å². The van der Waals surface area contributed by atoms with Crippen LogP contribution in [0.15, 0.2) is 48.5 Å². The molecule has 0 saturated carbocycles. The minimum Gasteiger partial charge on any atom is -0.465 e. The number of carbonyl (C=O) groups excluding carboxylic acids is 2. The van der Waals surface area contributed by atoms with Gasteiger partial charge in [0.25, 0.3) is 0 Å². The Kier molecular flexibility index (Phi) is 5.57. The van der Waals surface area contributed by atoms with Gasteiger partial charge in [-0.3, -0.25) is 14.5 Å². The second kappa shape index (κ2) is 8.30. The van der Waals surface area contributed by atoms with Crippen molar-refractivity contribution in [1.82, 2.24) is 9.55 Å². The average Bonchev–Trinajstić information content (AvgIpc) is 3.12. The molecule has 0 aliphatic carbocycles. The highest BCUT2D eigenvalue weighted by molar-refractivity contribution is 6.08. The first-order valence-electron chi connectivity index (χ1n) is 10.6. The number of anilines is 1. The summed E-state index contributed by atoms with van der Waals surface area (Å²) in [4.78, 5) is 33.2. The Morgan fingerprint density at radius 3 is 2.57 bits per heavy atom. The third-order valence-electron chi connectivity index (χ3n) is 5.73. The SMILES string of the molecule is CCCCN1C(=O)C(C(=O)OCC)C(c2ccccc2C)n2c1nc1ccccc12. The third kappa shape index (κ3) is 3.26. The number of carbonyl (C=O) groups is 2. The Morgan fingerprint density at radius 2 is 1.83 bits per heavy atom. The van der Waals surface area contributed by atoms with Crippen LogP contribution in [0.1, 0.15) is 43.9 Å². The maximum absolute atomic E-state index is 13.7. The van der Waals surface area contributed by atoms with Crippen LogP contribution in [0.3, 0.4) is 0 Å². The molecule has 0 radical (unpaired) electrons. The molecule has 6 heteroatoms. The number of aromatic nitrogens is 2. The fourth-order valence-corrected chi connectivity index (χ4v) is 4.27. The van der Waals surface area contributed by atoms with E-state index >= 15 is 0 Å². The molecular weight excluding hydrogens is 378 g/mol. The molecule has 0 bridgehead atoms. The van der Waals surface area contributed by atoms with Gasteiger partial charge in [0.05, 0.1) is 23.7 Å². The van der Waals surface area contributed by atoms with E-state index in [0.29, 0.717) is 12.5 Å². The Morgan fingerprint density at radius 1 is 1.10 bits per heavy atom. The van der Waals surface area contributed by atoms with E-state index < -0.39 is 17.9 Å². The van der Waals surface area contributed by atoms with E-state index in [9.17, 15) is 9.59 Å². The molecule has 1 aromatic heterocycles. The van der Waals surface area contributed by atoms with Crippen LogP contribution < -0.4 is 4.90 Å². The number of aryl methyl sites for hydroxylation is 1. The van der Waals surface area contributed by atoms with Crippen LogP contribution in [0.5, 0.6) is 0 Å². The van der Waals surface area contributed by atoms with Crippen molar-refractivity contribution in [1.29, 1.82) is 0 Å². The number of fused-ring (bicyclic) bond motifs is 3. The summed E-state index contributed by atoms with van der Waals surface area (Å²) in [7, 11) is 0. The summed E-state index contributed by atoms with van der Waals surface area (Å²) in [6, 6.07) is 15.2. The molecule has 2 atom stereocenters. The molecule has 2 unspecified atom stereocenters. The molecule has 0 fully saturated rings. The lowest BCUT2D eigenvalue weighted by Crippen LogP contribution is -2.50. The molecule has 3 aromatic rings. The zero-order valence-corrected chi connectivity index (χ0v) is 17.7. The van der Waals surface area contributed by atoms with Gasteiger partial charge in [0.1, 0.15) is 0 Å². The van der Waals surface area contributed by atoms with Crippen LogP contribution in [0.4, 0.5) is 5.95 Å². The summed E-state index contributed by atoms with van der Waals surface area (Å²) < 4.78 is 7.43. The number of rotatable bonds is 6. The molecule has 156 valence electrons. The highest BCUT2D eigenvalue weighted by atomic mass is 16.5. The van der Waals surface area contributed by atoms with E-state index in [2.05, 4.69) is 11.5 Å². The van der Waals surface area contributed by atoms with Crippen molar-refractivity contribution in [2.45, 2.75) is 39.7 Å². The first-order chi connectivity index (χ1) is 14.6. The summed E-state index contributed by atoms with van der Waals surface area (Å²) in [6.45, 7) is 6.60. The first-order valence-corrected chi connectivity index (χ1v) is 10.6. The van der Waals surface area contributed by atoms with Crippen molar-refractivity contribution in [3.8, 4) is 0 Å². The number of hydrogen-bond acceptors (Lipinski definition) is 4. The Hall–Kier alpha value is -3.15. The van der Waals surface area contributed by atoms with Crippen LogP contribution in [0.25, 0.3) is 11.0 Å². The highest BCUT2D eigenvalue weighted by Crippen LogP contribution is 2.42. The number of amides is 1. The molecule has 1 aliphatic rings. The van der Waals surface area contributed by atoms with Gasteiger partial charge in [0.2, 0.25) is 11.9 Å². The fraction of sp³-hybridized carbons (Fsp3) is 0.375. The van der Waals surface area contributed by atoms with E-state index in [4.69, 9.17) is 9.72 Å². The smallest absolute Gasteiger partial charge is 0.321 e. The zero-order chi connectivity index (χ0) is 21.3. The third-order valence-corrected chi connectivity index (χ3v) is 5.73. The Labute approximate surface area is 176 Å². The zero-order valence-electron chi connectivity index (χ0n) is 17.7. The minimum atomic E-state index is -0.951. The van der Waals surface area contributed by atoms with Gasteiger partial charge in [-0.25, -0.2) is 4.98 Å². The van der Waals surface area contributed by atoms with E-state index in [1.165, 1.54) is 0 Å². The number of hydrogen-bond donors (Lipinski definition) is 0. The molecule has 2 aromatic carbocycles. The van der Waals surface area contributed by atoms with Gasteiger partial charge in [-0.05, 0) is 43.5 Å². The summed E-state index contributed by atoms with van der Waals surface area (Å²) in [5.74, 6) is -1.07. The largest absolute Gasteiger partial charge is 0.465 e. The standard InChI is InChI=1S/C24H27N3O3/c1-4-6-15-26-22(28)20(23(29)30-5-2)21(17-12-8-7-11-16(17)3)27-19-14-10-9-13-18(19)25-24(26)27/h7-14,20-21H,4-6,15H2,1-3H3. The summed E-state index contributed by atoms with van der Waals surface area (Å²) >= 11 is 0. The number of imidazole rings is 1. The molecule has 4 rings (SSSR count). The number of esters is 1. The summed E-state index contributed by atoms with van der Waals surface area (Å²) in [5.41, 5.74) is 3.67. The molecule has 0 saturated heterocycles. The molecule has 0 spiro atoms. The van der Waals surface area contributed by atoms with Gasteiger partial charge in [0, 0.05) is 6.54 Å². The predicted molar refractivity (Wildman–Crippen MR) is 116 cm³/mol. The molecular formula is C24H27N3O3. The summed E-state index contributed by atoms with van der Waals surface area (Å²) in [5, 5.41) is 0. The second-order valence-electron chi connectivity index (χ2n) is 7.65. The van der Waals surface area contributed by atoms with Gasteiger partial charge in [-0.2, -0.15) is 0 Å². The van der Waals surface area contributed by atoms with Crippen molar-refractivity contribution in [3.63, 3.8) is 0 Å². The number of para-hydroxylation sites is 2. The van der Waals surface area contributed by atoms with Gasteiger partial charge in [-0.1, -0.05) is 49.7 Å². The molecule has 2 heterocycles. The molecule has 0 N–H and O–H groups in total. The fourth-order valence-electron chi connectivity index (χ4n) is 4.27. The lowest BCUT2D eigenvalue weighted by atomic mass is 9.87.